The van der Waals surface area contributed by atoms with E-state index in [0.29, 0.717) is 6.61 Å². The summed E-state index contributed by atoms with van der Waals surface area (Å²) in [5, 5.41) is 2.34. The zero-order chi connectivity index (χ0) is 14.0. The van der Waals surface area contributed by atoms with Gasteiger partial charge in [0.25, 0.3) is 0 Å². The molecule has 2 aromatic rings. The van der Waals surface area contributed by atoms with E-state index < -0.39 is 5.66 Å². The van der Waals surface area contributed by atoms with Gasteiger partial charge in [-0.2, -0.15) is 0 Å². The predicted molar refractivity (Wildman–Crippen MR) is 82.8 cm³/mol. The molecule has 106 valence electrons. The summed E-state index contributed by atoms with van der Waals surface area (Å²) in [4.78, 5) is 2.32. The zero-order valence-corrected chi connectivity index (χ0v) is 12.0. The summed E-state index contributed by atoms with van der Waals surface area (Å²) in [5.74, 6) is 0.916. The van der Waals surface area contributed by atoms with Gasteiger partial charge in [-0.25, -0.2) is 0 Å². The molecule has 1 aliphatic rings. The summed E-state index contributed by atoms with van der Waals surface area (Å²) >= 11 is 0. The normalized spacial score (nSPS) is 19.1. The van der Waals surface area contributed by atoms with Crippen LogP contribution < -0.4 is 10.5 Å². The van der Waals surface area contributed by atoms with Crippen molar-refractivity contribution in [2.75, 3.05) is 19.7 Å². The van der Waals surface area contributed by atoms with Gasteiger partial charge in [-0.15, -0.1) is 0 Å². The first-order valence-corrected chi connectivity index (χ1v) is 7.31. The molecule has 1 atom stereocenters. The van der Waals surface area contributed by atoms with Crippen LogP contribution in [0.5, 0.6) is 5.75 Å². The molecule has 0 bridgehead atoms. The maximum Gasteiger partial charge on any atom is 0.127 e. The van der Waals surface area contributed by atoms with Gasteiger partial charge in [0.15, 0.2) is 0 Å². The Bertz CT molecular complexity index is 583. The minimum Gasteiger partial charge on any atom is -0.490 e. The maximum atomic E-state index is 6.41. The Morgan fingerprint density at radius 1 is 1.10 bits per heavy atom. The van der Waals surface area contributed by atoms with Crippen molar-refractivity contribution in [2.24, 2.45) is 5.73 Å². The first kappa shape index (κ1) is 13.4. The van der Waals surface area contributed by atoms with Crippen molar-refractivity contribution in [2.45, 2.75) is 25.4 Å². The molecular formula is C17H22N2O. The number of hydrogen-bond donors (Lipinski definition) is 1. The molecule has 1 saturated heterocycles. The van der Waals surface area contributed by atoms with Gasteiger partial charge in [0.05, 0.1) is 0 Å². The lowest BCUT2D eigenvalue weighted by molar-refractivity contribution is 0.0797. The molecule has 0 spiro atoms. The number of nitrogens with zero attached hydrogens (tertiary/aromatic N) is 1. The van der Waals surface area contributed by atoms with Crippen molar-refractivity contribution in [1.29, 1.82) is 0 Å². The molecule has 2 aromatic carbocycles. The van der Waals surface area contributed by atoms with Gasteiger partial charge in [-0.1, -0.05) is 36.4 Å². The standard InChI is InChI=1S/C17H22N2O/c1-17(18,19-11-4-5-12-19)13-20-16-10-6-8-14-7-2-3-9-15(14)16/h2-3,6-10H,4-5,11-13,18H2,1H3. The second-order valence-corrected chi connectivity index (χ2v) is 5.82. The van der Waals surface area contributed by atoms with E-state index in [1.807, 2.05) is 24.3 Å². The van der Waals surface area contributed by atoms with Crippen molar-refractivity contribution < 1.29 is 4.74 Å². The third kappa shape index (κ3) is 2.65. The first-order chi connectivity index (χ1) is 9.67. The molecule has 3 rings (SSSR count). The van der Waals surface area contributed by atoms with Gasteiger partial charge in [0.2, 0.25) is 0 Å². The summed E-state index contributed by atoms with van der Waals surface area (Å²) < 4.78 is 6.03. The van der Waals surface area contributed by atoms with Crippen LogP contribution in [-0.4, -0.2) is 30.3 Å². The minimum atomic E-state index is -0.395. The highest BCUT2D eigenvalue weighted by molar-refractivity contribution is 5.88. The first-order valence-electron chi connectivity index (χ1n) is 7.31. The number of benzene rings is 2. The Morgan fingerprint density at radius 3 is 2.60 bits per heavy atom. The Kier molecular flexibility index (Phi) is 3.64. The molecule has 20 heavy (non-hydrogen) atoms. The zero-order valence-electron chi connectivity index (χ0n) is 12.0. The molecule has 1 fully saturated rings. The molecule has 3 nitrogen and oxygen atoms in total. The van der Waals surface area contributed by atoms with Crippen molar-refractivity contribution in [3.63, 3.8) is 0 Å². The molecule has 1 aliphatic heterocycles. The fourth-order valence-corrected chi connectivity index (χ4v) is 2.86. The fraction of sp³-hybridized carbons (Fsp3) is 0.412. The van der Waals surface area contributed by atoms with E-state index in [4.69, 9.17) is 10.5 Å². The summed E-state index contributed by atoms with van der Waals surface area (Å²) in [6.45, 7) is 4.72. The van der Waals surface area contributed by atoms with Gasteiger partial charge in [-0.05, 0) is 31.2 Å². The van der Waals surface area contributed by atoms with Crippen molar-refractivity contribution in [3.8, 4) is 5.75 Å². The van der Waals surface area contributed by atoms with Crippen LogP contribution in [0, 0.1) is 0 Å². The molecule has 3 heteroatoms. The Balaban J connectivity index is 1.76. The highest BCUT2D eigenvalue weighted by Crippen LogP contribution is 2.26. The van der Waals surface area contributed by atoms with E-state index in [9.17, 15) is 0 Å². The molecular weight excluding hydrogens is 248 g/mol. The van der Waals surface area contributed by atoms with E-state index in [1.54, 1.807) is 0 Å². The van der Waals surface area contributed by atoms with Gasteiger partial charge < -0.3 is 10.5 Å². The number of rotatable bonds is 4. The van der Waals surface area contributed by atoms with Gasteiger partial charge in [0, 0.05) is 18.5 Å². The largest absolute Gasteiger partial charge is 0.490 e. The quantitative estimate of drug-likeness (QED) is 0.928. The van der Waals surface area contributed by atoms with Crippen LogP contribution >= 0.6 is 0 Å². The van der Waals surface area contributed by atoms with Crippen LogP contribution in [0.2, 0.25) is 0 Å². The number of fused-ring (bicyclic) bond motifs is 1. The van der Waals surface area contributed by atoms with E-state index in [0.717, 1.165) is 24.2 Å². The van der Waals surface area contributed by atoms with Crippen LogP contribution in [0.15, 0.2) is 42.5 Å². The van der Waals surface area contributed by atoms with E-state index >= 15 is 0 Å². The minimum absolute atomic E-state index is 0.395. The second kappa shape index (κ2) is 5.43. The molecule has 1 unspecified atom stereocenters. The smallest absolute Gasteiger partial charge is 0.127 e. The molecule has 0 radical (unpaired) electrons. The van der Waals surface area contributed by atoms with Crippen LogP contribution in [-0.2, 0) is 0 Å². The number of hydrogen-bond acceptors (Lipinski definition) is 3. The van der Waals surface area contributed by atoms with Crippen LogP contribution in [0.25, 0.3) is 10.8 Å². The molecule has 0 aliphatic carbocycles. The SMILES string of the molecule is CC(N)(COc1cccc2ccccc12)N1CCCC1. The maximum absolute atomic E-state index is 6.41. The van der Waals surface area contributed by atoms with Gasteiger partial charge in [-0.3, -0.25) is 4.90 Å². The van der Waals surface area contributed by atoms with Crippen molar-refractivity contribution in [1.82, 2.24) is 4.90 Å². The molecule has 2 N–H and O–H groups in total. The lowest BCUT2D eigenvalue weighted by Gasteiger charge is -2.34. The van der Waals surface area contributed by atoms with Gasteiger partial charge >= 0.3 is 0 Å². The van der Waals surface area contributed by atoms with Gasteiger partial charge in [0.1, 0.15) is 18.0 Å². The lowest BCUT2D eigenvalue weighted by atomic mass is 10.1. The summed E-state index contributed by atoms with van der Waals surface area (Å²) in [6.07, 6.45) is 2.47. The molecule has 1 heterocycles. The third-order valence-electron chi connectivity index (χ3n) is 4.10. The predicted octanol–water partition coefficient (Wildman–Crippen LogP) is 2.99. The van der Waals surface area contributed by atoms with Crippen LogP contribution in [0.1, 0.15) is 19.8 Å². The lowest BCUT2D eigenvalue weighted by Crippen LogP contribution is -2.56. The Hall–Kier alpha value is -1.58. The molecule has 0 saturated carbocycles. The monoisotopic (exact) mass is 270 g/mol. The van der Waals surface area contributed by atoms with E-state index in [1.165, 1.54) is 18.2 Å². The Morgan fingerprint density at radius 2 is 1.80 bits per heavy atom. The van der Waals surface area contributed by atoms with E-state index in [2.05, 4.69) is 30.0 Å². The number of likely N-dealkylation sites (tertiary alicyclic amines) is 1. The van der Waals surface area contributed by atoms with E-state index in [-0.39, 0.29) is 0 Å². The second-order valence-electron chi connectivity index (χ2n) is 5.82. The molecule has 0 aromatic heterocycles. The highest BCUT2D eigenvalue weighted by Gasteiger charge is 2.30. The van der Waals surface area contributed by atoms with Crippen LogP contribution in [0.3, 0.4) is 0 Å². The summed E-state index contributed by atoms with van der Waals surface area (Å²) in [7, 11) is 0. The average Bonchev–Trinajstić information content (AvgIpc) is 3.00. The van der Waals surface area contributed by atoms with Crippen molar-refractivity contribution >= 4 is 10.8 Å². The molecule has 0 amide bonds. The topological polar surface area (TPSA) is 38.5 Å². The highest BCUT2D eigenvalue weighted by atomic mass is 16.5. The number of ether oxygens (including phenoxy) is 1. The number of nitrogens with two attached hydrogens (primary N) is 1. The van der Waals surface area contributed by atoms with Crippen LogP contribution in [0.4, 0.5) is 0 Å². The third-order valence-corrected chi connectivity index (χ3v) is 4.10. The van der Waals surface area contributed by atoms with Crippen molar-refractivity contribution in [3.05, 3.63) is 42.5 Å². The average molecular weight is 270 g/mol. The fourth-order valence-electron chi connectivity index (χ4n) is 2.86. The Labute approximate surface area is 120 Å². The summed E-state index contributed by atoms with van der Waals surface area (Å²) in [5.41, 5.74) is 6.02. The summed E-state index contributed by atoms with van der Waals surface area (Å²) in [6, 6.07) is 14.4.